The molecule has 0 saturated carbocycles. The van der Waals surface area contributed by atoms with E-state index in [1.165, 1.54) is 10.8 Å². The van der Waals surface area contributed by atoms with Gasteiger partial charge in [-0.3, -0.25) is 0 Å². The summed E-state index contributed by atoms with van der Waals surface area (Å²) in [4.78, 5) is 14.6. The van der Waals surface area contributed by atoms with Gasteiger partial charge in [-0.25, -0.2) is 9.55 Å². The Morgan fingerprint density at radius 1 is 1.47 bits per heavy atom. The number of aromatic nitrogens is 5. The Kier molecular flexibility index (Phi) is 3.56. The molecule has 19 heavy (non-hydrogen) atoms. The summed E-state index contributed by atoms with van der Waals surface area (Å²) in [5.41, 5.74) is 0. The van der Waals surface area contributed by atoms with Crippen molar-refractivity contribution in [1.29, 1.82) is 0 Å². The molecule has 9 heteroatoms. The summed E-state index contributed by atoms with van der Waals surface area (Å²) in [5.74, 6) is 1.80. The van der Waals surface area contributed by atoms with E-state index in [-0.39, 0.29) is 5.82 Å². The maximum atomic E-state index is 10.9. The molecule has 0 radical (unpaired) electrons. The third-order valence-corrected chi connectivity index (χ3v) is 3.45. The zero-order valence-electron chi connectivity index (χ0n) is 10.8. The Balaban J connectivity index is 2.47. The molecule has 2 rings (SSSR count). The number of rotatable bonds is 4. The predicted octanol–water partition coefficient (Wildman–Crippen LogP) is 1.27. The first kappa shape index (κ1) is 13.5. The van der Waals surface area contributed by atoms with E-state index in [2.05, 4.69) is 27.8 Å². The first-order valence-electron chi connectivity index (χ1n) is 5.71. The van der Waals surface area contributed by atoms with Crippen LogP contribution in [0.1, 0.15) is 29.6 Å². The van der Waals surface area contributed by atoms with Gasteiger partial charge in [0.15, 0.2) is 5.82 Å². The zero-order chi connectivity index (χ0) is 14.2. The summed E-state index contributed by atoms with van der Waals surface area (Å²) in [6.45, 7) is 4.09. The number of nitro groups is 1. The highest BCUT2D eigenvalue weighted by atomic mass is 32.1. The standard InChI is InChI=1S/C10H14N6O2S/c1-4-15-7(16(17)18)5-11-9(15)8(19)10-13-12-6(2)14(10)3/h5,8,19H,4H2,1-3H3. The van der Waals surface area contributed by atoms with Crippen LogP contribution in [0.2, 0.25) is 0 Å². The van der Waals surface area contributed by atoms with Crippen molar-refractivity contribution < 1.29 is 4.92 Å². The van der Waals surface area contributed by atoms with Crippen LogP contribution >= 0.6 is 12.6 Å². The second-order valence-corrected chi connectivity index (χ2v) is 4.56. The van der Waals surface area contributed by atoms with Crippen molar-refractivity contribution in [3.8, 4) is 0 Å². The van der Waals surface area contributed by atoms with Crippen molar-refractivity contribution >= 4 is 18.4 Å². The van der Waals surface area contributed by atoms with Crippen LogP contribution in [-0.4, -0.2) is 29.2 Å². The van der Waals surface area contributed by atoms with E-state index >= 15 is 0 Å². The Hall–Kier alpha value is -1.90. The quantitative estimate of drug-likeness (QED) is 0.518. The van der Waals surface area contributed by atoms with Gasteiger partial charge in [-0.2, -0.15) is 12.6 Å². The number of thiol groups is 1. The summed E-state index contributed by atoms with van der Waals surface area (Å²) >= 11 is 4.47. The molecule has 0 aliphatic heterocycles. The maximum Gasteiger partial charge on any atom is 0.342 e. The lowest BCUT2D eigenvalue weighted by molar-refractivity contribution is -0.392. The largest absolute Gasteiger partial charge is 0.358 e. The first-order valence-corrected chi connectivity index (χ1v) is 6.22. The molecule has 0 bridgehead atoms. The second kappa shape index (κ2) is 5.00. The van der Waals surface area contributed by atoms with E-state index in [4.69, 9.17) is 0 Å². The van der Waals surface area contributed by atoms with Gasteiger partial charge in [0.1, 0.15) is 17.3 Å². The summed E-state index contributed by atoms with van der Waals surface area (Å²) in [6.07, 6.45) is 1.24. The van der Waals surface area contributed by atoms with E-state index < -0.39 is 10.2 Å². The number of aryl methyl sites for hydroxylation is 1. The fourth-order valence-electron chi connectivity index (χ4n) is 1.85. The zero-order valence-corrected chi connectivity index (χ0v) is 11.7. The fourth-order valence-corrected chi connectivity index (χ4v) is 2.28. The third kappa shape index (κ3) is 2.21. The van der Waals surface area contributed by atoms with Crippen molar-refractivity contribution in [3.05, 3.63) is 33.8 Å². The second-order valence-electron chi connectivity index (χ2n) is 4.04. The molecule has 0 fully saturated rings. The SMILES string of the molecule is CCn1c([N+](=O)[O-])cnc1C(S)c1nnc(C)n1C. The molecule has 0 amide bonds. The number of nitrogens with zero attached hydrogens (tertiary/aromatic N) is 6. The normalized spacial score (nSPS) is 12.6. The van der Waals surface area contributed by atoms with Gasteiger partial charge in [-0.05, 0) is 18.8 Å². The summed E-state index contributed by atoms with van der Waals surface area (Å²) in [5, 5.41) is 18.4. The van der Waals surface area contributed by atoms with Gasteiger partial charge in [0, 0.05) is 7.05 Å². The lowest BCUT2D eigenvalue weighted by Crippen LogP contribution is -2.11. The molecule has 2 aromatic rings. The molecule has 8 nitrogen and oxygen atoms in total. The van der Waals surface area contributed by atoms with Crippen molar-refractivity contribution in [1.82, 2.24) is 24.3 Å². The van der Waals surface area contributed by atoms with E-state index in [1.807, 2.05) is 20.9 Å². The minimum atomic E-state index is -0.458. The minimum absolute atomic E-state index is 0.0459. The molecular weight excluding hydrogens is 268 g/mol. The average Bonchev–Trinajstić information content (AvgIpc) is 2.94. The molecule has 2 heterocycles. The number of imidazole rings is 1. The van der Waals surface area contributed by atoms with E-state index in [0.717, 1.165) is 5.82 Å². The van der Waals surface area contributed by atoms with E-state index in [9.17, 15) is 10.1 Å². The number of hydrogen-bond donors (Lipinski definition) is 1. The third-order valence-electron chi connectivity index (χ3n) is 2.98. The fraction of sp³-hybridized carbons (Fsp3) is 0.500. The highest BCUT2D eigenvalue weighted by Crippen LogP contribution is 2.28. The van der Waals surface area contributed by atoms with Crippen LogP contribution in [0.3, 0.4) is 0 Å². The Morgan fingerprint density at radius 3 is 2.63 bits per heavy atom. The molecule has 0 aliphatic carbocycles. The Morgan fingerprint density at radius 2 is 2.16 bits per heavy atom. The van der Waals surface area contributed by atoms with Gasteiger partial charge < -0.3 is 14.7 Å². The van der Waals surface area contributed by atoms with E-state index in [1.54, 1.807) is 4.57 Å². The molecule has 0 saturated heterocycles. The van der Waals surface area contributed by atoms with Crippen LogP contribution in [-0.2, 0) is 13.6 Å². The molecule has 102 valence electrons. The summed E-state index contributed by atoms with van der Waals surface area (Å²) in [7, 11) is 1.82. The molecule has 0 aliphatic rings. The summed E-state index contributed by atoms with van der Waals surface area (Å²) < 4.78 is 3.31. The molecule has 1 unspecified atom stereocenters. The lowest BCUT2D eigenvalue weighted by atomic mass is 10.3. The van der Waals surface area contributed by atoms with Gasteiger partial charge in [0.05, 0.1) is 6.54 Å². The van der Waals surface area contributed by atoms with Crippen LogP contribution in [0.15, 0.2) is 6.20 Å². The highest BCUT2D eigenvalue weighted by Gasteiger charge is 2.28. The Bertz CT molecular complexity index is 620. The lowest BCUT2D eigenvalue weighted by Gasteiger charge is -2.08. The summed E-state index contributed by atoms with van der Waals surface area (Å²) in [6, 6.07) is 0. The average molecular weight is 282 g/mol. The van der Waals surface area contributed by atoms with E-state index in [0.29, 0.717) is 18.2 Å². The minimum Gasteiger partial charge on any atom is -0.358 e. The van der Waals surface area contributed by atoms with Crippen molar-refractivity contribution in [2.75, 3.05) is 0 Å². The van der Waals surface area contributed by atoms with Crippen LogP contribution in [0, 0.1) is 17.0 Å². The first-order chi connectivity index (χ1) is 8.97. The van der Waals surface area contributed by atoms with Gasteiger partial charge in [0.25, 0.3) is 0 Å². The monoisotopic (exact) mass is 282 g/mol. The van der Waals surface area contributed by atoms with Crippen LogP contribution in [0.25, 0.3) is 0 Å². The van der Waals surface area contributed by atoms with Crippen LogP contribution < -0.4 is 0 Å². The molecule has 2 aromatic heterocycles. The van der Waals surface area contributed by atoms with Gasteiger partial charge >= 0.3 is 5.82 Å². The Labute approximate surface area is 115 Å². The number of hydrogen-bond acceptors (Lipinski definition) is 6. The van der Waals surface area contributed by atoms with Gasteiger partial charge in [0.2, 0.25) is 5.82 Å². The predicted molar refractivity (Wildman–Crippen MR) is 71.1 cm³/mol. The molecule has 0 N–H and O–H groups in total. The van der Waals surface area contributed by atoms with Crippen molar-refractivity contribution in [2.45, 2.75) is 25.6 Å². The van der Waals surface area contributed by atoms with Gasteiger partial charge in [-0.15, -0.1) is 10.2 Å². The topological polar surface area (TPSA) is 91.7 Å². The molecule has 0 spiro atoms. The van der Waals surface area contributed by atoms with Crippen molar-refractivity contribution in [2.24, 2.45) is 7.05 Å². The van der Waals surface area contributed by atoms with Crippen LogP contribution in [0.4, 0.5) is 5.82 Å². The van der Waals surface area contributed by atoms with Crippen LogP contribution in [0.5, 0.6) is 0 Å². The molecular formula is C10H14N6O2S. The molecule has 0 aromatic carbocycles. The highest BCUT2D eigenvalue weighted by molar-refractivity contribution is 7.80. The maximum absolute atomic E-state index is 10.9. The van der Waals surface area contributed by atoms with Crippen molar-refractivity contribution in [3.63, 3.8) is 0 Å². The smallest absolute Gasteiger partial charge is 0.342 e. The van der Waals surface area contributed by atoms with Gasteiger partial charge in [-0.1, -0.05) is 0 Å². The molecule has 1 atom stereocenters.